The summed E-state index contributed by atoms with van der Waals surface area (Å²) in [4.78, 5) is 27.8. The smallest absolute Gasteiger partial charge is 0.206 e. The Morgan fingerprint density at radius 1 is 0.460 bits per heavy atom. The lowest BCUT2D eigenvalue weighted by Crippen LogP contribution is -2.17. The van der Waals surface area contributed by atoms with Gasteiger partial charge in [-0.25, -0.2) is 53.2 Å². The molecule has 24 nitrogen and oxygen atoms in total. The minimum absolute atomic E-state index is 0.214. The van der Waals surface area contributed by atoms with Gasteiger partial charge in [-0.3, -0.25) is 0 Å². The third-order valence-electron chi connectivity index (χ3n) is 9.04. The number of halogens is 3. The third-order valence-corrected chi connectivity index (χ3v) is 9.83. The van der Waals surface area contributed by atoms with Gasteiger partial charge in [-0.15, -0.1) is 20.4 Å². The monoisotopic (exact) mass is 921 g/mol. The molecule has 0 saturated heterocycles. The van der Waals surface area contributed by atoms with Crippen LogP contribution in [0.4, 0.5) is 0 Å². The molecule has 0 unspecified atom stereocenters. The molecule has 0 amide bonds. The van der Waals surface area contributed by atoms with Gasteiger partial charge in [0.2, 0.25) is 11.3 Å². The topological polar surface area (TPSA) is 286 Å². The molecule has 0 atom stereocenters. The third kappa shape index (κ3) is 9.86. The number of aryl methyl sites for hydroxylation is 3. The Balaban J connectivity index is 0.000000142. The van der Waals surface area contributed by atoms with E-state index in [-0.39, 0.29) is 16.2 Å². The quantitative estimate of drug-likeness (QED) is 0.180. The molecule has 9 aromatic rings. The Kier molecular flexibility index (Phi) is 12.2. The van der Waals surface area contributed by atoms with Gasteiger partial charge in [-0.05, 0) is 20.8 Å². The minimum atomic E-state index is -0.224. The van der Waals surface area contributed by atoms with E-state index in [2.05, 4.69) is 106 Å². The van der Waals surface area contributed by atoms with E-state index in [0.717, 1.165) is 0 Å². The van der Waals surface area contributed by atoms with E-state index in [1.807, 2.05) is 69.2 Å². The predicted molar refractivity (Wildman–Crippen MR) is 225 cm³/mol. The van der Waals surface area contributed by atoms with Crippen LogP contribution >= 0.6 is 34.8 Å². The van der Waals surface area contributed by atoms with E-state index in [0.29, 0.717) is 120 Å². The normalized spacial score (nSPS) is 12.2. The molecular weight excluding hydrogens is 881 g/mol. The Morgan fingerprint density at radius 3 is 1.41 bits per heavy atom. The lowest BCUT2D eigenvalue weighted by atomic mass is 9.96. The highest BCUT2D eigenvalue weighted by Crippen LogP contribution is 2.27. The van der Waals surface area contributed by atoms with Crippen molar-refractivity contribution in [2.75, 3.05) is 0 Å². The molecule has 0 aliphatic heterocycles. The van der Waals surface area contributed by atoms with Crippen LogP contribution in [0.15, 0.2) is 13.9 Å². The zero-order valence-electron chi connectivity index (χ0n) is 36.4. The number of nitrogens with zero attached hydrogens (tertiary/aromatic N) is 21. The molecule has 9 rings (SSSR count). The number of aromatic nitrogens is 21. The van der Waals surface area contributed by atoms with Crippen molar-refractivity contribution in [3.63, 3.8) is 0 Å². The SMILES string of the molecule is Cc1nonc1Cn1nc2nc(C(C)(C)C)nc(Cl)c2n1.Cc1nonc1Cn1nnc2c(Cl)nc(C(C)(C)C)nc21.Cc1nonc1Cn1nnc2nc(C(C)(C)C)nc(Cl)c21. The van der Waals surface area contributed by atoms with Crippen LogP contribution in [-0.4, -0.2) is 106 Å². The first-order chi connectivity index (χ1) is 29.6. The fourth-order valence-corrected chi connectivity index (χ4v) is 6.05. The standard InChI is InChI=1S/3C12H14ClN7O/c1-6-7(18-21-17-6)5-20-8-9(13)14-11(12(2,3)4)15-10(8)16-19-20;1-6-7(19-21-18-6)5-20-16-8-9(13)14-11(12(2,3)4)15-10(8)17-20;1-6-7(18-21-17-6)5-20-10-8(16-19-20)9(13)14-11(15-10)12(2,3)4/h3*5H2,1-4H3. The molecular formula is C36H42Cl3N21O3. The van der Waals surface area contributed by atoms with Crippen LogP contribution in [0.1, 0.15) is 114 Å². The van der Waals surface area contributed by atoms with Gasteiger partial charge in [0.1, 0.15) is 63.7 Å². The summed E-state index contributed by atoms with van der Waals surface area (Å²) in [5, 5.41) is 48.4. The summed E-state index contributed by atoms with van der Waals surface area (Å²) in [6.45, 7) is 24.6. The van der Waals surface area contributed by atoms with Gasteiger partial charge in [-0.2, -0.15) is 4.80 Å². The Labute approximate surface area is 372 Å². The Hall–Kier alpha value is -6.27. The molecule has 0 fully saturated rings. The van der Waals surface area contributed by atoms with E-state index in [1.54, 1.807) is 23.2 Å². The van der Waals surface area contributed by atoms with Crippen molar-refractivity contribution in [2.45, 2.75) is 119 Å². The lowest BCUT2D eigenvalue weighted by Gasteiger charge is -2.16. The van der Waals surface area contributed by atoms with E-state index in [9.17, 15) is 0 Å². The van der Waals surface area contributed by atoms with Gasteiger partial charge in [0, 0.05) is 16.2 Å². The summed E-state index contributed by atoms with van der Waals surface area (Å²) >= 11 is 18.6. The molecule has 27 heteroatoms. The molecule has 330 valence electrons. The maximum absolute atomic E-state index is 6.28. The van der Waals surface area contributed by atoms with Crippen molar-refractivity contribution < 1.29 is 13.9 Å². The van der Waals surface area contributed by atoms with Crippen LogP contribution < -0.4 is 0 Å². The van der Waals surface area contributed by atoms with Crippen LogP contribution in [0.5, 0.6) is 0 Å². The van der Waals surface area contributed by atoms with E-state index >= 15 is 0 Å². The number of fused-ring (bicyclic) bond motifs is 3. The molecule has 0 aliphatic carbocycles. The second-order valence-electron chi connectivity index (χ2n) is 17.4. The van der Waals surface area contributed by atoms with Crippen LogP contribution in [0.2, 0.25) is 15.5 Å². The molecule has 0 saturated carbocycles. The first kappa shape index (κ1) is 44.8. The van der Waals surface area contributed by atoms with Gasteiger partial charge in [0.05, 0.1) is 13.1 Å². The average Bonchev–Trinajstić information content (AvgIpc) is 4.06. The van der Waals surface area contributed by atoms with Gasteiger partial charge in [0.15, 0.2) is 32.1 Å². The summed E-state index contributed by atoms with van der Waals surface area (Å²) < 4.78 is 17.2. The second kappa shape index (κ2) is 17.1. The molecule has 0 bridgehead atoms. The van der Waals surface area contributed by atoms with Crippen molar-refractivity contribution in [3.8, 4) is 0 Å². The molecule has 9 heterocycles. The lowest BCUT2D eigenvalue weighted by molar-refractivity contribution is 0.299. The van der Waals surface area contributed by atoms with Crippen molar-refractivity contribution in [1.29, 1.82) is 0 Å². The van der Waals surface area contributed by atoms with Gasteiger partial charge in [0.25, 0.3) is 0 Å². The predicted octanol–water partition coefficient (Wildman–Crippen LogP) is 5.74. The summed E-state index contributed by atoms with van der Waals surface area (Å²) in [5.41, 5.74) is 6.47. The van der Waals surface area contributed by atoms with Crippen molar-refractivity contribution in [2.24, 2.45) is 0 Å². The van der Waals surface area contributed by atoms with Crippen molar-refractivity contribution in [1.82, 2.24) is 106 Å². The van der Waals surface area contributed by atoms with Gasteiger partial charge in [-0.1, -0.05) is 138 Å². The summed E-state index contributed by atoms with van der Waals surface area (Å²) in [6.07, 6.45) is 0. The number of hydrogen-bond acceptors (Lipinski definition) is 21. The molecule has 0 spiro atoms. The summed E-state index contributed by atoms with van der Waals surface area (Å²) in [5.74, 6) is 1.90. The average molecular weight is 923 g/mol. The maximum atomic E-state index is 6.28. The molecule has 63 heavy (non-hydrogen) atoms. The largest absolute Gasteiger partial charge is 0.244 e. The first-order valence-electron chi connectivity index (χ1n) is 19.2. The zero-order valence-corrected chi connectivity index (χ0v) is 38.6. The maximum Gasteiger partial charge on any atom is 0.206 e. The van der Waals surface area contributed by atoms with Crippen LogP contribution in [-0.2, 0) is 35.9 Å². The van der Waals surface area contributed by atoms with Crippen molar-refractivity contribution >= 4 is 68.3 Å². The second-order valence-corrected chi connectivity index (χ2v) is 18.5. The fraction of sp³-hybridized carbons (Fsp3) is 0.500. The fourth-order valence-electron chi connectivity index (χ4n) is 5.38. The summed E-state index contributed by atoms with van der Waals surface area (Å²) in [7, 11) is 0. The Bertz CT molecular complexity index is 3020. The highest BCUT2D eigenvalue weighted by molar-refractivity contribution is 6.34. The number of hydrogen-bond donors (Lipinski definition) is 0. The zero-order chi connectivity index (χ0) is 45.6. The van der Waals surface area contributed by atoms with E-state index in [4.69, 9.17) is 34.8 Å². The van der Waals surface area contributed by atoms with E-state index in [1.165, 1.54) is 4.80 Å². The molecule has 0 aromatic carbocycles. The molecule has 0 aliphatic rings. The highest BCUT2D eigenvalue weighted by atomic mass is 35.5. The van der Waals surface area contributed by atoms with Crippen LogP contribution in [0.3, 0.4) is 0 Å². The minimum Gasteiger partial charge on any atom is -0.244 e. The molecule has 9 aromatic heterocycles. The van der Waals surface area contributed by atoms with Crippen LogP contribution in [0.25, 0.3) is 33.5 Å². The van der Waals surface area contributed by atoms with Gasteiger partial charge < -0.3 is 0 Å². The van der Waals surface area contributed by atoms with Crippen molar-refractivity contribution in [3.05, 3.63) is 67.1 Å². The molecule has 0 radical (unpaired) electrons. The van der Waals surface area contributed by atoms with E-state index < -0.39 is 0 Å². The van der Waals surface area contributed by atoms with Crippen LogP contribution in [0, 0.1) is 20.8 Å². The summed E-state index contributed by atoms with van der Waals surface area (Å²) in [6, 6.07) is 0. The Morgan fingerprint density at radius 2 is 0.905 bits per heavy atom. The van der Waals surface area contributed by atoms with Gasteiger partial charge >= 0.3 is 0 Å². The molecule has 0 N–H and O–H groups in total. The first-order valence-corrected chi connectivity index (χ1v) is 20.4. The highest BCUT2D eigenvalue weighted by Gasteiger charge is 2.25. The number of rotatable bonds is 6.